The van der Waals surface area contributed by atoms with E-state index in [1.165, 1.54) is 18.4 Å². The Bertz CT molecular complexity index is 404. The van der Waals surface area contributed by atoms with Crippen LogP contribution in [0.5, 0.6) is 0 Å². The van der Waals surface area contributed by atoms with E-state index in [4.69, 9.17) is 0 Å². The maximum absolute atomic E-state index is 2.71. The van der Waals surface area contributed by atoms with Crippen LogP contribution in [0.3, 0.4) is 0 Å². The van der Waals surface area contributed by atoms with Gasteiger partial charge in [0.25, 0.3) is 0 Å². The minimum Gasteiger partial charge on any atom is -0.293 e. The van der Waals surface area contributed by atoms with Gasteiger partial charge in [0.05, 0.1) is 0 Å². The first-order valence-electron chi connectivity index (χ1n) is 6.45. The number of benzene rings is 1. The lowest BCUT2D eigenvalue weighted by Crippen LogP contribution is -2.50. The van der Waals surface area contributed by atoms with E-state index in [0.29, 0.717) is 6.04 Å². The third-order valence-electron chi connectivity index (χ3n) is 4.62. The highest BCUT2D eigenvalue weighted by Crippen LogP contribution is 2.42. The molecule has 0 N–H and O–H groups in total. The molecule has 1 atom stereocenters. The second-order valence-corrected chi connectivity index (χ2v) is 5.96. The molecule has 3 rings (SSSR count). The summed E-state index contributed by atoms with van der Waals surface area (Å²) in [5.74, 6) is 0. The first-order valence-corrected chi connectivity index (χ1v) is 6.45. The van der Waals surface area contributed by atoms with E-state index < -0.39 is 0 Å². The Morgan fingerprint density at radius 2 is 1.88 bits per heavy atom. The van der Waals surface area contributed by atoms with E-state index >= 15 is 0 Å². The second kappa shape index (κ2) is 3.33. The Morgan fingerprint density at radius 3 is 2.56 bits per heavy atom. The van der Waals surface area contributed by atoms with Gasteiger partial charge < -0.3 is 0 Å². The molecule has 1 heteroatoms. The van der Waals surface area contributed by atoms with Crippen LogP contribution < -0.4 is 0 Å². The summed E-state index contributed by atoms with van der Waals surface area (Å²) in [4.78, 5) is 2.71. The van der Waals surface area contributed by atoms with Crippen molar-refractivity contribution in [3.63, 3.8) is 0 Å². The van der Waals surface area contributed by atoms with Gasteiger partial charge in [-0.25, -0.2) is 0 Å². The molecule has 0 aromatic heterocycles. The van der Waals surface area contributed by atoms with Gasteiger partial charge in [-0.05, 0) is 30.9 Å². The van der Waals surface area contributed by atoms with Crippen molar-refractivity contribution in [3.05, 3.63) is 35.4 Å². The molecule has 0 saturated heterocycles. The summed E-state index contributed by atoms with van der Waals surface area (Å²) >= 11 is 0. The molecule has 16 heavy (non-hydrogen) atoms. The molecule has 1 aromatic carbocycles. The quantitative estimate of drug-likeness (QED) is 0.694. The van der Waals surface area contributed by atoms with Crippen molar-refractivity contribution in [2.75, 3.05) is 0 Å². The van der Waals surface area contributed by atoms with Gasteiger partial charge in [-0.15, -0.1) is 0 Å². The lowest BCUT2D eigenvalue weighted by Gasteiger charge is -2.46. The number of fused-ring (bicyclic) bond motifs is 1. The van der Waals surface area contributed by atoms with Crippen LogP contribution in [0, 0.1) is 0 Å². The zero-order chi connectivity index (χ0) is 11.3. The lowest BCUT2D eigenvalue weighted by molar-refractivity contribution is 0.110. The monoisotopic (exact) mass is 215 g/mol. The normalized spacial score (nSPS) is 28.8. The second-order valence-electron chi connectivity index (χ2n) is 5.96. The average Bonchev–Trinajstić information content (AvgIpc) is 3.08. The zero-order valence-electron chi connectivity index (χ0n) is 10.5. The van der Waals surface area contributed by atoms with E-state index in [-0.39, 0.29) is 5.41 Å². The maximum Gasteiger partial charge on any atom is 0.0242 e. The molecule has 1 unspecified atom stereocenters. The standard InChI is InChI=1S/C15H21N/c1-11-15(2,3)14-7-5-4-6-12(14)10-16(11)13-8-9-13/h4-7,11,13H,8-10H2,1-3H3. The number of rotatable bonds is 1. The van der Waals surface area contributed by atoms with E-state index in [2.05, 4.69) is 49.9 Å². The van der Waals surface area contributed by atoms with Crippen LogP contribution in [0.1, 0.15) is 44.7 Å². The van der Waals surface area contributed by atoms with Crippen molar-refractivity contribution in [1.29, 1.82) is 0 Å². The SMILES string of the molecule is CC1N(C2CC2)Cc2ccccc2C1(C)C. The molecule has 1 fully saturated rings. The fraction of sp³-hybridized carbons (Fsp3) is 0.600. The Kier molecular flexibility index (Phi) is 2.16. The summed E-state index contributed by atoms with van der Waals surface area (Å²) in [6, 6.07) is 10.5. The zero-order valence-corrected chi connectivity index (χ0v) is 10.5. The molecular formula is C15H21N. The molecule has 1 nitrogen and oxygen atoms in total. The molecule has 1 heterocycles. The molecular weight excluding hydrogens is 194 g/mol. The molecule has 1 saturated carbocycles. The summed E-state index contributed by atoms with van der Waals surface area (Å²) in [7, 11) is 0. The minimum atomic E-state index is 0.289. The van der Waals surface area contributed by atoms with Gasteiger partial charge in [-0.2, -0.15) is 0 Å². The predicted octanol–water partition coefficient (Wildman–Crippen LogP) is 3.33. The van der Waals surface area contributed by atoms with Crippen LogP contribution in [-0.4, -0.2) is 17.0 Å². The predicted molar refractivity (Wildman–Crippen MR) is 67.5 cm³/mol. The van der Waals surface area contributed by atoms with Gasteiger partial charge in [-0.3, -0.25) is 4.90 Å². The van der Waals surface area contributed by atoms with Crippen molar-refractivity contribution in [2.45, 2.75) is 57.7 Å². The van der Waals surface area contributed by atoms with Crippen LogP contribution in [0.15, 0.2) is 24.3 Å². The van der Waals surface area contributed by atoms with Crippen LogP contribution in [0.25, 0.3) is 0 Å². The molecule has 0 bridgehead atoms. The first-order chi connectivity index (χ1) is 7.60. The molecule has 1 aromatic rings. The molecule has 2 aliphatic rings. The first kappa shape index (κ1) is 10.3. The van der Waals surface area contributed by atoms with Crippen molar-refractivity contribution in [1.82, 2.24) is 4.90 Å². The summed E-state index contributed by atoms with van der Waals surface area (Å²) in [6.07, 6.45) is 2.81. The molecule has 0 radical (unpaired) electrons. The van der Waals surface area contributed by atoms with Crippen molar-refractivity contribution < 1.29 is 0 Å². The van der Waals surface area contributed by atoms with Gasteiger partial charge in [0.2, 0.25) is 0 Å². The van der Waals surface area contributed by atoms with E-state index in [1.54, 1.807) is 5.56 Å². The third kappa shape index (κ3) is 1.41. The largest absolute Gasteiger partial charge is 0.293 e. The molecule has 1 aliphatic heterocycles. The third-order valence-corrected chi connectivity index (χ3v) is 4.62. The van der Waals surface area contributed by atoms with Crippen molar-refractivity contribution in [3.8, 4) is 0 Å². The average molecular weight is 215 g/mol. The summed E-state index contributed by atoms with van der Waals surface area (Å²) in [5.41, 5.74) is 3.38. The van der Waals surface area contributed by atoms with Gasteiger partial charge in [0, 0.05) is 24.0 Å². The molecule has 0 spiro atoms. The van der Waals surface area contributed by atoms with Crippen LogP contribution in [0.4, 0.5) is 0 Å². The van der Waals surface area contributed by atoms with Crippen LogP contribution in [0.2, 0.25) is 0 Å². The van der Waals surface area contributed by atoms with Crippen LogP contribution in [-0.2, 0) is 12.0 Å². The number of hydrogen-bond donors (Lipinski definition) is 0. The summed E-state index contributed by atoms with van der Waals surface area (Å²) in [6.45, 7) is 8.34. The Labute approximate surface area is 98.5 Å². The highest BCUT2D eigenvalue weighted by atomic mass is 15.2. The van der Waals surface area contributed by atoms with Crippen LogP contribution >= 0.6 is 0 Å². The smallest absolute Gasteiger partial charge is 0.0242 e. The Hall–Kier alpha value is -0.820. The fourth-order valence-electron chi connectivity index (χ4n) is 3.11. The summed E-state index contributed by atoms with van der Waals surface area (Å²) < 4.78 is 0. The fourth-order valence-corrected chi connectivity index (χ4v) is 3.11. The Balaban J connectivity index is 2.05. The Morgan fingerprint density at radius 1 is 1.19 bits per heavy atom. The highest BCUT2D eigenvalue weighted by Gasteiger charge is 2.43. The number of hydrogen-bond acceptors (Lipinski definition) is 1. The van der Waals surface area contributed by atoms with Gasteiger partial charge >= 0.3 is 0 Å². The lowest BCUT2D eigenvalue weighted by atomic mass is 9.73. The van der Waals surface area contributed by atoms with Crippen molar-refractivity contribution in [2.24, 2.45) is 0 Å². The van der Waals surface area contributed by atoms with E-state index in [9.17, 15) is 0 Å². The van der Waals surface area contributed by atoms with E-state index in [0.717, 1.165) is 12.6 Å². The molecule has 86 valence electrons. The molecule has 1 aliphatic carbocycles. The minimum absolute atomic E-state index is 0.289. The molecule has 0 amide bonds. The topological polar surface area (TPSA) is 3.24 Å². The highest BCUT2D eigenvalue weighted by molar-refractivity contribution is 5.37. The number of nitrogens with zero attached hydrogens (tertiary/aromatic N) is 1. The van der Waals surface area contributed by atoms with E-state index in [1.807, 2.05) is 0 Å². The van der Waals surface area contributed by atoms with Gasteiger partial charge in [0.1, 0.15) is 0 Å². The maximum atomic E-state index is 2.71. The summed E-state index contributed by atoms with van der Waals surface area (Å²) in [5, 5.41) is 0. The van der Waals surface area contributed by atoms with Gasteiger partial charge in [0.15, 0.2) is 0 Å². The van der Waals surface area contributed by atoms with Gasteiger partial charge in [-0.1, -0.05) is 38.1 Å². The van der Waals surface area contributed by atoms with Crippen molar-refractivity contribution >= 4 is 0 Å².